The second-order valence-electron chi connectivity index (χ2n) is 5.05. The number of phenols is 1. The smallest absolute Gasteiger partial charge is 0.115 e. The zero-order valence-electron chi connectivity index (χ0n) is 9.95. The van der Waals surface area contributed by atoms with E-state index in [9.17, 15) is 5.11 Å². The monoisotopic (exact) mass is 219 g/mol. The van der Waals surface area contributed by atoms with Crippen LogP contribution in [0.15, 0.2) is 24.3 Å². The highest BCUT2D eigenvalue weighted by atomic mass is 16.3. The topological polar surface area (TPSA) is 32.3 Å². The summed E-state index contributed by atoms with van der Waals surface area (Å²) in [5.74, 6) is 2.08. The first kappa shape index (κ1) is 11.3. The lowest BCUT2D eigenvalue weighted by atomic mass is 9.83. The number of hydrogen-bond donors (Lipinski definition) is 2. The Morgan fingerprint density at radius 1 is 1.12 bits per heavy atom. The summed E-state index contributed by atoms with van der Waals surface area (Å²) in [7, 11) is 0. The van der Waals surface area contributed by atoms with Gasteiger partial charge in [-0.3, -0.25) is 0 Å². The van der Waals surface area contributed by atoms with Crippen LogP contribution in [0.2, 0.25) is 0 Å². The first-order valence-corrected chi connectivity index (χ1v) is 6.27. The second kappa shape index (κ2) is 5.24. The lowest BCUT2D eigenvalue weighted by Gasteiger charge is -2.26. The molecule has 2 rings (SSSR count). The average Bonchev–Trinajstić information content (AvgIpc) is 2.30. The third-order valence-corrected chi connectivity index (χ3v) is 3.60. The van der Waals surface area contributed by atoms with Crippen molar-refractivity contribution in [1.29, 1.82) is 0 Å². The quantitative estimate of drug-likeness (QED) is 0.761. The summed E-state index contributed by atoms with van der Waals surface area (Å²) in [5, 5.41) is 12.6. The van der Waals surface area contributed by atoms with Gasteiger partial charge in [0.2, 0.25) is 0 Å². The molecule has 1 aliphatic rings. The van der Waals surface area contributed by atoms with E-state index in [0.717, 1.165) is 24.1 Å². The molecule has 0 heterocycles. The summed E-state index contributed by atoms with van der Waals surface area (Å²) < 4.78 is 0. The summed E-state index contributed by atoms with van der Waals surface area (Å²) >= 11 is 0. The largest absolute Gasteiger partial charge is 0.508 e. The highest BCUT2D eigenvalue weighted by Gasteiger charge is 2.17. The molecule has 16 heavy (non-hydrogen) atoms. The Morgan fingerprint density at radius 2 is 1.75 bits per heavy atom. The molecule has 0 amide bonds. The molecule has 1 aromatic rings. The summed E-state index contributed by atoms with van der Waals surface area (Å²) in [4.78, 5) is 0. The molecule has 0 bridgehead atoms. The van der Waals surface area contributed by atoms with Gasteiger partial charge >= 0.3 is 0 Å². The van der Waals surface area contributed by atoms with Crippen LogP contribution in [0, 0.1) is 11.8 Å². The number of aromatic hydroxyl groups is 1. The van der Waals surface area contributed by atoms with Crippen molar-refractivity contribution in [3.63, 3.8) is 0 Å². The minimum atomic E-state index is 0.331. The van der Waals surface area contributed by atoms with E-state index in [0.29, 0.717) is 5.75 Å². The molecule has 2 nitrogen and oxygen atoms in total. The fraction of sp³-hybridized carbons (Fsp3) is 0.571. The third kappa shape index (κ3) is 3.16. The van der Waals surface area contributed by atoms with Crippen LogP contribution in [0.1, 0.15) is 32.6 Å². The van der Waals surface area contributed by atoms with Crippen molar-refractivity contribution < 1.29 is 5.11 Å². The van der Waals surface area contributed by atoms with Crippen LogP contribution in [0.25, 0.3) is 0 Å². The molecule has 1 aromatic carbocycles. The zero-order chi connectivity index (χ0) is 11.4. The molecule has 0 saturated heterocycles. The van der Waals surface area contributed by atoms with Gasteiger partial charge in [-0.05, 0) is 48.9 Å². The highest BCUT2D eigenvalue weighted by Crippen LogP contribution is 2.28. The van der Waals surface area contributed by atoms with E-state index in [-0.39, 0.29) is 0 Å². The third-order valence-electron chi connectivity index (χ3n) is 3.60. The molecule has 1 fully saturated rings. The predicted molar refractivity (Wildman–Crippen MR) is 67.7 cm³/mol. The van der Waals surface area contributed by atoms with Gasteiger partial charge in [0.15, 0.2) is 0 Å². The fourth-order valence-corrected chi connectivity index (χ4v) is 2.37. The van der Waals surface area contributed by atoms with Gasteiger partial charge < -0.3 is 10.4 Å². The average molecular weight is 219 g/mol. The van der Waals surface area contributed by atoms with Gasteiger partial charge in [-0.1, -0.05) is 19.8 Å². The number of nitrogens with one attached hydrogen (secondary N) is 1. The molecule has 1 aliphatic carbocycles. The predicted octanol–water partition coefficient (Wildman–Crippen LogP) is 3.63. The van der Waals surface area contributed by atoms with Crippen molar-refractivity contribution in [1.82, 2.24) is 0 Å². The molecule has 2 heteroatoms. The number of phenolic OH excluding ortho intramolecular Hbond substituents is 1. The molecule has 2 N–H and O–H groups in total. The maximum Gasteiger partial charge on any atom is 0.115 e. The van der Waals surface area contributed by atoms with Gasteiger partial charge in [-0.25, -0.2) is 0 Å². The highest BCUT2D eigenvalue weighted by molar-refractivity contribution is 5.45. The van der Waals surface area contributed by atoms with Crippen LogP contribution in [0.3, 0.4) is 0 Å². The van der Waals surface area contributed by atoms with Gasteiger partial charge in [0.1, 0.15) is 5.75 Å². The van der Waals surface area contributed by atoms with Crippen LogP contribution in [-0.4, -0.2) is 11.7 Å². The van der Waals surface area contributed by atoms with Gasteiger partial charge in [0.25, 0.3) is 0 Å². The lowest BCUT2D eigenvalue weighted by Crippen LogP contribution is -2.20. The first-order chi connectivity index (χ1) is 7.74. The fourth-order valence-electron chi connectivity index (χ4n) is 2.37. The molecule has 0 aliphatic heterocycles. The van der Waals surface area contributed by atoms with Crippen LogP contribution in [0.5, 0.6) is 5.75 Å². The Balaban J connectivity index is 1.77. The van der Waals surface area contributed by atoms with Crippen molar-refractivity contribution >= 4 is 5.69 Å². The van der Waals surface area contributed by atoms with Crippen LogP contribution in [-0.2, 0) is 0 Å². The number of benzene rings is 1. The molecule has 0 spiro atoms. The Bertz CT molecular complexity index is 312. The standard InChI is InChI=1S/C14H21NO/c1-11-2-4-12(5-3-11)10-15-13-6-8-14(16)9-7-13/h6-9,11-12,15-16H,2-5,10H2,1H3. The van der Waals surface area contributed by atoms with Crippen molar-refractivity contribution in [2.75, 3.05) is 11.9 Å². The maximum atomic E-state index is 9.17. The molecule has 0 radical (unpaired) electrons. The minimum absolute atomic E-state index is 0.331. The second-order valence-corrected chi connectivity index (χ2v) is 5.05. The van der Waals surface area contributed by atoms with Gasteiger partial charge in [0.05, 0.1) is 0 Å². The molecular formula is C14H21NO. The Hall–Kier alpha value is -1.18. The SMILES string of the molecule is CC1CCC(CNc2ccc(O)cc2)CC1. The number of rotatable bonds is 3. The van der Waals surface area contributed by atoms with Gasteiger partial charge in [-0.15, -0.1) is 0 Å². The van der Waals surface area contributed by atoms with Crippen LogP contribution >= 0.6 is 0 Å². The van der Waals surface area contributed by atoms with Gasteiger partial charge in [0, 0.05) is 12.2 Å². The molecule has 88 valence electrons. The summed E-state index contributed by atoms with van der Waals surface area (Å²) in [6.45, 7) is 3.42. The lowest BCUT2D eigenvalue weighted by molar-refractivity contribution is 0.300. The van der Waals surface area contributed by atoms with E-state index in [4.69, 9.17) is 0 Å². The van der Waals surface area contributed by atoms with E-state index >= 15 is 0 Å². The molecular weight excluding hydrogens is 198 g/mol. The minimum Gasteiger partial charge on any atom is -0.508 e. The Morgan fingerprint density at radius 3 is 2.38 bits per heavy atom. The van der Waals surface area contributed by atoms with Crippen LogP contribution < -0.4 is 5.32 Å². The van der Waals surface area contributed by atoms with E-state index in [2.05, 4.69) is 12.2 Å². The summed E-state index contributed by atoms with van der Waals surface area (Å²) in [6.07, 6.45) is 5.46. The van der Waals surface area contributed by atoms with E-state index < -0.39 is 0 Å². The van der Waals surface area contributed by atoms with Crippen molar-refractivity contribution in [2.45, 2.75) is 32.6 Å². The first-order valence-electron chi connectivity index (χ1n) is 6.27. The molecule has 0 atom stereocenters. The maximum absolute atomic E-state index is 9.17. The summed E-state index contributed by atoms with van der Waals surface area (Å²) in [5.41, 5.74) is 1.11. The number of anilines is 1. The van der Waals surface area contributed by atoms with Crippen molar-refractivity contribution in [3.8, 4) is 5.75 Å². The van der Waals surface area contributed by atoms with Gasteiger partial charge in [-0.2, -0.15) is 0 Å². The zero-order valence-corrected chi connectivity index (χ0v) is 9.95. The van der Waals surface area contributed by atoms with E-state index in [1.807, 2.05) is 12.1 Å². The molecule has 0 unspecified atom stereocenters. The Kier molecular flexibility index (Phi) is 3.70. The molecule has 0 aromatic heterocycles. The summed E-state index contributed by atoms with van der Waals surface area (Å²) in [6, 6.07) is 7.32. The van der Waals surface area contributed by atoms with E-state index in [1.54, 1.807) is 12.1 Å². The Labute approximate surface area is 97.7 Å². The molecule has 1 saturated carbocycles. The number of hydrogen-bond acceptors (Lipinski definition) is 2. The van der Waals surface area contributed by atoms with Crippen molar-refractivity contribution in [3.05, 3.63) is 24.3 Å². The van der Waals surface area contributed by atoms with Crippen LogP contribution in [0.4, 0.5) is 5.69 Å². The van der Waals surface area contributed by atoms with Crippen molar-refractivity contribution in [2.24, 2.45) is 11.8 Å². The normalized spacial score (nSPS) is 25.3. The van der Waals surface area contributed by atoms with E-state index in [1.165, 1.54) is 25.7 Å².